The Balaban J connectivity index is 1.87. The monoisotopic (exact) mass is 240 g/mol. The molecule has 5 heteroatoms. The number of hydrogen-bond donors (Lipinski definition) is 1. The van der Waals surface area contributed by atoms with Crippen molar-refractivity contribution >= 4 is 11.3 Å². The van der Waals surface area contributed by atoms with Gasteiger partial charge in [0.2, 0.25) is 0 Å². The molecule has 0 unspecified atom stereocenters. The summed E-state index contributed by atoms with van der Waals surface area (Å²) in [5.41, 5.74) is 0.718. The summed E-state index contributed by atoms with van der Waals surface area (Å²) in [5, 5.41) is 5.98. The number of nitrogens with one attached hydrogen (secondary N) is 1. The summed E-state index contributed by atoms with van der Waals surface area (Å²) in [6.07, 6.45) is 1.74. The van der Waals surface area contributed by atoms with Crippen LogP contribution in [0.25, 0.3) is 0 Å². The Morgan fingerprint density at radius 3 is 2.75 bits per heavy atom. The molecule has 0 radical (unpaired) electrons. The van der Waals surface area contributed by atoms with E-state index in [1.54, 1.807) is 23.6 Å². The van der Waals surface area contributed by atoms with Crippen molar-refractivity contribution in [1.29, 1.82) is 0 Å². The van der Waals surface area contributed by atoms with Crippen LogP contribution >= 0.6 is 11.3 Å². The standard InChI is InChI=1S/C11H10F2N2S/c12-9-2-1-8(5-10(9)13)6-14-7-11-15-3-4-16-11/h1-5,14H,6-7H2. The van der Waals surface area contributed by atoms with E-state index in [2.05, 4.69) is 10.3 Å². The highest BCUT2D eigenvalue weighted by atomic mass is 32.1. The lowest BCUT2D eigenvalue weighted by molar-refractivity contribution is 0.506. The summed E-state index contributed by atoms with van der Waals surface area (Å²) in [6, 6.07) is 3.90. The molecule has 0 spiro atoms. The fourth-order valence-electron chi connectivity index (χ4n) is 1.30. The molecule has 0 aliphatic carbocycles. The van der Waals surface area contributed by atoms with Crippen LogP contribution in [0, 0.1) is 11.6 Å². The maximum atomic E-state index is 12.9. The molecular weight excluding hydrogens is 230 g/mol. The van der Waals surface area contributed by atoms with E-state index in [-0.39, 0.29) is 0 Å². The largest absolute Gasteiger partial charge is 0.306 e. The first-order valence-corrected chi connectivity index (χ1v) is 5.66. The topological polar surface area (TPSA) is 24.9 Å². The van der Waals surface area contributed by atoms with E-state index in [0.29, 0.717) is 13.1 Å². The van der Waals surface area contributed by atoms with Gasteiger partial charge in [-0.05, 0) is 17.7 Å². The number of nitrogens with zero attached hydrogens (tertiary/aromatic N) is 1. The van der Waals surface area contributed by atoms with Gasteiger partial charge in [0.05, 0.1) is 0 Å². The molecule has 0 saturated carbocycles. The van der Waals surface area contributed by atoms with Crippen molar-refractivity contribution in [3.05, 3.63) is 52.0 Å². The number of hydrogen-bond acceptors (Lipinski definition) is 3. The first-order valence-electron chi connectivity index (χ1n) is 4.79. The minimum Gasteiger partial charge on any atom is -0.306 e. The van der Waals surface area contributed by atoms with E-state index in [9.17, 15) is 8.78 Å². The zero-order valence-electron chi connectivity index (χ0n) is 8.41. The van der Waals surface area contributed by atoms with Crippen LogP contribution in [0.5, 0.6) is 0 Å². The van der Waals surface area contributed by atoms with E-state index in [1.807, 2.05) is 5.38 Å². The number of thiazole rings is 1. The number of aromatic nitrogens is 1. The third kappa shape index (κ3) is 2.84. The van der Waals surface area contributed by atoms with Crippen molar-refractivity contribution < 1.29 is 8.78 Å². The first kappa shape index (κ1) is 11.2. The van der Waals surface area contributed by atoms with Crippen molar-refractivity contribution in [2.24, 2.45) is 0 Å². The Bertz CT molecular complexity index is 457. The summed E-state index contributed by atoms with van der Waals surface area (Å²) in [4.78, 5) is 4.10. The lowest BCUT2D eigenvalue weighted by Crippen LogP contribution is -2.12. The highest BCUT2D eigenvalue weighted by Gasteiger charge is 2.02. The highest BCUT2D eigenvalue weighted by Crippen LogP contribution is 2.09. The molecule has 84 valence electrons. The van der Waals surface area contributed by atoms with Gasteiger partial charge < -0.3 is 5.32 Å². The molecule has 0 bridgehead atoms. The Labute approximate surface area is 96.0 Å². The van der Waals surface area contributed by atoms with Crippen LogP contribution in [0.1, 0.15) is 10.6 Å². The lowest BCUT2D eigenvalue weighted by Gasteiger charge is -2.03. The zero-order chi connectivity index (χ0) is 11.4. The molecule has 2 aromatic rings. The van der Waals surface area contributed by atoms with Crippen LogP contribution in [0.3, 0.4) is 0 Å². The normalized spacial score (nSPS) is 10.6. The Hall–Kier alpha value is -1.33. The Morgan fingerprint density at radius 2 is 2.06 bits per heavy atom. The fourth-order valence-corrected chi connectivity index (χ4v) is 1.89. The molecule has 16 heavy (non-hydrogen) atoms. The average molecular weight is 240 g/mol. The lowest BCUT2D eigenvalue weighted by atomic mass is 10.2. The second-order valence-corrected chi connectivity index (χ2v) is 4.26. The molecule has 2 nitrogen and oxygen atoms in total. The predicted molar refractivity (Wildman–Crippen MR) is 59.0 cm³/mol. The third-order valence-electron chi connectivity index (χ3n) is 2.07. The minimum atomic E-state index is -0.816. The quantitative estimate of drug-likeness (QED) is 0.888. The van der Waals surface area contributed by atoms with Crippen LogP contribution < -0.4 is 5.32 Å². The van der Waals surface area contributed by atoms with Gasteiger partial charge in [-0.15, -0.1) is 11.3 Å². The minimum absolute atomic E-state index is 0.497. The predicted octanol–water partition coefficient (Wildman–Crippen LogP) is 2.71. The van der Waals surface area contributed by atoms with Gasteiger partial charge in [0, 0.05) is 24.7 Å². The Morgan fingerprint density at radius 1 is 1.19 bits per heavy atom. The van der Waals surface area contributed by atoms with Crippen LogP contribution in [-0.4, -0.2) is 4.98 Å². The molecule has 0 fully saturated rings. The van der Waals surface area contributed by atoms with Crippen molar-refractivity contribution in [2.75, 3.05) is 0 Å². The SMILES string of the molecule is Fc1ccc(CNCc2nccs2)cc1F. The van der Waals surface area contributed by atoms with Gasteiger partial charge >= 0.3 is 0 Å². The van der Waals surface area contributed by atoms with Crippen LogP contribution in [0.4, 0.5) is 8.78 Å². The average Bonchev–Trinajstić information content (AvgIpc) is 2.76. The molecule has 0 aliphatic heterocycles. The van der Waals surface area contributed by atoms with Gasteiger partial charge in [-0.1, -0.05) is 6.07 Å². The number of halogens is 2. The van der Waals surface area contributed by atoms with Gasteiger partial charge in [-0.3, -0.25) is 0 Å². The van der Waals surface area contributed by atoms with Gasteiger partial charge in [0.1, 0.15) is 5.01 Å². The summed E-state index contributed by atoms with van der Waals surface area (Å²) in [7, 11) is 0. The molecule has 0 amide bonds. The van der Waals surface area contributed by atoms with Crippen molar-refractivity contribution in [1.82, 2.24) is 10.3 Å². The summed E-state index contributed by atoms with van der Waals surface area (Å²) < 4.78 is 25.5. The fraction of sp³-hybridized carbons (Fsp3) is 0.182. The smallest absolute Gasteiger partial charge is 0.159 e. The van der Waals surface area contributed by atoms with E-state index >= 15 is 0 Å². The van der Waals surface area contributed by atoms with Crippen molar-refractivity contribution in [3.63, 3.8) is 0 Å². The van der Waals surface area contributed by atoms with Crippen LogP contribution in [0.2, 0.25) is 0 Å². The van der Waals surface area contributed by atoms with E-state index in [4.69, 9.17) is 0 Å². The van der Waals surface area contributed by atoms with Gasteiger partial charge in [0.25, 0.3) is 0 Å². The second-order valence-electron chi connectivity index (χ2n) is 3.28. The molecule has 1 N–H and O–H groups in total. The molecule has 1 aromatic carbocycles. The molecule has 0 atom stereocenters. The summed E-state index contributed by atoms with van der Waals surface area (Å²) in [5.74, 6) is -1.63. The van der Waals surface area contributed by atoms with Crippen LogP contribution in [0.15, 0.2) is 29.8 Å². The molecule has 1 aromatic heterocycles. The first-order chi connectivity index (χ1) is 7.75. The number of benzene rings is 1. The summed E-state index contributed by atoms with van der Waals surface area (Å²) in [6.45, 7) is 1.13. The maximum absolute atomic E-state index is 12.9. The van der Waals surface area contributed by atoms with Crippen molar-refractivity contribution in [2.45, 2.75) is 13.1 Å². The summed E-state index contributed by atoms with van der Waals surface area (Å²) >= 11 is 1.56. The maximum Gasteiger partial charge on any atom is 0.159 e. The molecule has 0 aliphatic rings. The second kappa shape index (κ2) is 5.14. The molecular formula is C11H10F2N2S. The van der Waals surface area contributed by atoms with E-state index in [0.717, 1.165) is 16.6 Å². The van der Waals surface area contributed by atoms with Crippen LogP contribution in [-0.2, 0) is 13.1 Å². The highest BCUT2D eigenvalue weighted by molar-refractivity contribution is 7.09. The molecule has 1 heterocycles. The van der Waals surface area contributed by atoms with Gasteiger partial charge in [0.15, 0.2) is 11.6 Å². The number of rotatable bonds is 4. The molecule has 0 saturated heterocycles. The Kier molecular flexibility index (Phi) is 3.58. The zero-order valence-corrected chi connectivity index (χ0v) is 9.23. The van der Waals surface area contributed by atoms with E-state index in [1.165, 1.54) is 6.07 Å². The van der Waals surface area contributed by atoms with Gasteiger partial charge in [-0.25, -0.2) is 13.8 Å². The molecule has 2 rings (SSSR count). The van der Waals surface area contributed by atoms with Gasteiger partial charge in [-0.2, -0.15) is 0 Å². The van der Waals surface area contributed by atoms with Crippen molar-refractivity contribution in [3.8, 4) is 0 Å². The third-order valence-corrected chi connectivity index (χ3v) is 2.85. The van der Waals surface area contributed by atoms with E-state index < -0.39 is 11.6 Å².